The van der Waals surface area contributed by atoms with Crippen LogP contribution in [0.5, 0.6) is 5.75 Å². The van der Waals surface area contributed by atoms with Gasteiger partial charge < -0.3 is 42.5 Å². The van der Waals surface area contributed by atoms with Gasteiger partial charge in [-0.3, -0.25) is 24.0 Å². The standard InChI is InChI=1S/C43H58N6O8S/c1-6-27(4)37(43(56)57)49-42(55)36(26(2)3)48-39(52)33(21-22-58-5)45-40(53)35(25-30-17-19-31(50)20-18-30)47-41(54)34(24-29-15-11-8-12-16-29)46-38(51)32(44)23-28-13-9-7-10-14-28/h7-20,26-27,32-37,50H,6,21-25,44H2,1-5H3,(H,45,53)(H,46,51)(H,47,54)(H,48,52)(H,49,55)(H,56,57)/t27-,32-,33-,34-,35-,36-,37-/m0/s1. The number of nitrogens with one attached hydrogen (secondary N) is 5. The van der Waals surface area contributed by atoms with Gasteiger partial charge in [0.25, 0.3) is 0 Å². The Morgan fingerprint density at radius 1 is 0.603 bits per heavy atom. The van der Waals surface area contributed by atoms with Gasteiger partial charge in [-0.05, 0) is 65.5 Å². The number of carboxylic acids is 1. The van der Waals surface area contributed by atoms with Crippen molar-refractivity contribution in [1.82, 2.24) is 26.6 Å². The van der Waals surface area contributed by atoms with Crippen molar-refractivity contribution in [2.75, 3.05) is 12.0 Å². The highest BCUT2D eigenvalue weighted by Crippen LogP contribution is 2.15. The van der Waals surface area contributed by atoms with Crippen LogP contribution in [-0.4, -0.2) is 94.0 Å². The molecule has 14 nitrogen and oxygen atoms in total. The molecule has 7 atom stereocenters. The zero-order valence-corrected chi connectivity index (χ0v) is 34.6. The molecule has 3 rings (SSSR count). The smallest absolute Gasteiger partial charge is 0.326 e. The summed E-state index contributed by atoms with van der Waals surface area (Å²) in [4.78, 5) is 81.0. The van der Waals surface area contributed by atoms with Crippen LogP contribution < -0.4 is 32.3 Å². The number of phenols is 1. The molecule has 9 N–H and O–H groups in total. The van der Waals surface area contributed by atoms with Gasteiger partial charge in [-0.15, -0.1) is 0 Å². The van der Waals surface area contributed by atoms with Crippen molar-refractivity contribution in [3.8, 4) is 5.75 Å². The zero-order chi connectivity index (χ0) is 42.8. The van der Waals surface area contributed by atoms with Crippen molar-refractivity contribution in [1.29, 1.82) is 0 Å². The summed E-state index contributed by atoms with van der Waals surface area (Å²) in [5.41, 5.74) is 8.46. The molecule has 0 aliphatic carbocycles. The van der Waals surface area contributed by atoms with Crippen LogP contribution in [0.4, 0.5) is 0 Å². The number of carbonyl (C=O) groups excluding carboxylic acids is 5. The molecule has 0 unspecified atom stereocenters. The highest BCUT2D eigenvalue weighted by Gasteiger charge is 2.35. The third-order valence-corrected chi connectivity index (χ3v) is 10.5. The Hall–Kier alpha value is -5.41. The number of hydrogen-bond donors (Lipinski definition) is 8. The van der Waals surface area contributed by atoms with E-state index in [0.29, 0.717) is 17.7 Å². The highest BCUT2D eigenvalue weighted by molar-refractivity contribution is 7.98. The number of rotatable bonds is 23. The van der Waals surface area contributed by atoms with Crippen LogP contribution >= 0.6 is 11.8 Å². The molecular formula is C43H58N6O8S. The van der Waals surface area contributed by atoms with Gasteiger partial charge in [0.05, 0.1) is 6.04 Å². The molecule has 0 spiro atoms. The lowest BCUT2D eigenvalue weighted by Gasteiger charge is -2.29. The molecular weight excluding hydrogens is 761 g/mol. The van der Waals surface area contributed by atoms with E-state index in [-0.39, 0.29) is 37.4 Å². The van der Waals surface area contributed by atoms with E-state index in [0.717, 1.165) is 11.1 Å². The first kappa shape index (κ1) is 47.0. The second kappa shape index (κ2) is 23.7. The fourth-order valence-corrected chi connectivity index (χ4v) is 6.61. The molecule has 0 aliphatic rings. The van der Waals surface area contributed by atoms with Crippen molar-refractivity contribution in [2.45, 2.75) is 96.1 Å². The maximum atomic E-state index is 14.2. The summed E-state index contributed by atoms with van der Waals surface area (Å²) in [5, 5.41) is 33.3. The second-order valence-electron chi connectivity index (χ2n) is 14.8. The predicted molar refractivity (Wildman–Crippen MR) is 225 cm³/mol. The Balaban J connectivity index is 1.89. The lowest BCUT2D eigenvalue weighted by Crippen LogP contribution is -2.60. The zero-order valence-electron chi connectivity index (χ0n) is 33.8. The number of hydrogen-bond acceptors (Lipinski definition) is 9. The molecule has 5 amide bonds. The maximum Gasteiger partial charge on any atom is 0.326 e. The lowest BCUT2D eigenvalue weighted by molar-refractivity contribution is -0.144. The number of aromatic hydroxyl groups is 1. The third kappa shape index (κ3) is 15.2. The Labute approximate surface area is 344 Å². The largest absolute Gasteiger partial charge is 0.508 e. The molecule has 0 saturated heterocycles. The average Bonchev–Trinajstić information content (AvgIpc) is 3.20. The van der Waals surface area contributed by atoms with E-state index >= 15 is 0 Å². The first-order valence-electron chi connectivity index (χ1n) is 19.5. The molecule has 0 saturated carbocycles. The summed E-state index contributed by atoms with van der Waals surface area (Å²) in [6, 6.07) is 17.6. The van der Waals surface area contributed by atoms with Crippen LogP contribution in [0.15, 0.2) is 84.9 Å². The van der Waals surface area contributed by atoms with Gasteiger partial charge in [0.15, 0.2) is 0 Å². The summed E-state index contributed by atoms with van der Waals surface area (Å²) in [6.07, 6.45) is 2.78. The molecule has 3 aromatic carbocycles. The fraction of sp³-hybridized carbons (Fsp3) is 0.442. The van der Waals surface area contributed by atoms with Gasteiger partial charge in [-0.2, -0.15) is 11.8 Å². The number of carbonyl (C=O) groups is 6. The molecule has 3 aromatic rings. The first-order chi connectivity index (χ1) is 27.6. The van der Waals surface area contributed by atoms with E-state index in [1.165, 1.54) is 23.9 Å². The minimum Gasteiger partial charge on any atom is -0.508 e. The maximum absolute atomic E-state index is 14.2. The summed E-state index contributed by atoms with van der Waals surface area (Å²) < 4.78 is 0. The van der Waals surface area contributed by atoms with Gasteiger partial charge in [-0.25, -0.2) is 4.79 Å². The van der Waals surface area contributed by atoms with Crippen molar-refractivity contribution in [3.05, 3.63) is 102 Å². The number of carboxylic acid groups (broad SMARTS) is 1. The van der Waals surface area contributed by atoms with Gasteiger partial charge in [0.1, 0.15) is 36.0 Å². The molecule has 15 heteroatoms. The van der Waals surface area contributed by atoms with Crippen LogP contribution in [0.3, 0.4) is 0 Å². The Kier molecular flexibility index (Phi) is 19.2. The fourth-order valence-electron chi connectivity index (χ4n) is 6.14. The van der Waals surface area contributed by atoms with Crippen LogP contribution in [-0.2, 0) is 48.0 Å². The lowest BCUT2D eigenvalue weighted by atomic mass is 9.97. The quantitative estimate of drug-likeness (QED) is 0.0698. The number of nitrogens with two attached hydrogens (primary N) is 1. The summed E-state index contributed by atoms with van der Waals surface area (Å²) in [6.45, 7) is 6.94. The normalized spacial score (nSPS) is 14.7. The highest BCUT2D eigenvalue weighted by atomic mass is 32.2. The van der Waals surface area contributed by atoms with Crippen molar-refractivity contribution >= 4 is 47.3 Å². The van der Waals surface area contributed by atoms with Gasteiger partial charge in [0.2, 0.25) is 29.5 Å². The van der Waals surface area contributed by atoms with Gasteiger partial charge in [-0.1, -0.05) is 107 Å². The van der Waals surface area contributed by atoms with E-state index in [9.17, 15) is 39.0 Å². The van der Waals surface area contributed by atoms with Crippen LogP contribution in [0.1, 0.15) is 57.2 Å². The molecule has 58 heavy (non-hydrogen) atoms. The van der Waals surface area contributed by atoms with Crippen molar-refractivity contribution < 1.29 is 39.0 Å². The summed E-state index contributed by atoms with van der Waals surface area (Å²) in [7, 11) is 0. The van der Waals surface area contributed by atoms with E-state index in [1.807, 2.05) is 61.7 Å². The molecule has 0 radical (unpaired) electrons. The van der Waals surface area contributed by atoms with Crippen LogP contribution in [0.2, 0.25) is 0 Å². The molecule has 0 bridgehead atoms. The second-order valence-corrected chi connectivity index (χ2v) is 15.7. The monoisotopic (exact) mass is 818 g/mol. The topological polar surface area (TPSA) is 229 Å². The van der Waals surface area contributed by atoms with Crippen LogP contribution in [0, 0.1) is 11.8 Å². The van der Waals surface area contributed by atoms with E-state index < -0.39 is 77.7 Å². The molecule has 0 heterocycles. The minimum atomic E-state index is -1.26. The predicted octanol–water partition coefficient (Wildman–Crippen LogP) is 2.71. The SMILES string of the molecule is CC[C@H](C)[C@H](NC(=O)[C@@H](NC(=O)[C@H](CCSC)NC(=O)[C@H](Cc1ccc(O)cc1)NC(=O)[C@H](Cc1ccccc1)NC(=O)[C@@H](N)Cc1ccccc1)C(C)C)C(=O)O. The Bertz CT molecular complexity index is 1800. The molecule has 0 fully saturated rings. The number of amides is 5. The third-order valence-electron chi connectivity index (χ3n) is 9.83. The number of phenolic OH excluding ortho intramolecular Hbond substituents is 1. The summed E-state index contributed by atoms with van der Waals surface area (Å²) >= 11 is 1.44. The molecule has 0 aliphatic heterocycles. The van der Waals surface area contributed by atoms with Crippen LogP contribution in [0.25, 0.3) is 0 Å². The average molecular weight is 819 g/mol. The number of benzene rings is 3. The first-order valence-corrected chi connectivity index (χ1v) is 20.9. The van der Waals surface area contributed by atoms with Crippen molar-refractivity contribution in [3.63, 3.8) is 0 Å². The number of thioether (sulfide) groups is 1. The van der Waals surface area contributed by atoms with Crippen molar-refractivity contribution in [2.24, 2.45) is 17.6 Å². The number of aliphatic carboxylic acids is 1. The van der Waals surface area contributed by atoms with Gasteiger partial charge in [0, 0.05) is 12.8 Å². The van der Waals surface area contributed by atoms with Gasteiger partial charge >= 0.3 is 5.97 Å². The Morgan fingerprint density at radius 3 is 1.53 bits per heavy atom. The summed E-state index contributed by atoms with van der Waals surface area (Å²) in [5.74, 6) is -4.81. The Morgan fingerprint density at radius 2 is 1.05 bits per heavy atom. The van der Waals surface area contributed by atoms with E-state index in [4.69, 9.17) is 5.73 Å². The van der Waals surface area contributed by atoms with E-state index in [1.54, 1.807) is 45.0 Å². The molecule has 314 valence electrons. The van der Waals surface area contributed by atoms with E-state index in [2.05, 4.69) is 26.6 Å². The minimum absolute atomic E-state index is 0.00244. The molecule has 0 aromatic heterocycles.